The van der Waals surface area contributed by atoms with E-state index in [-0.39, 0.29) is 11.3 Å². The standard InChI is InChI=1S/C27H33N3O6/c1-5-6-7-8-11-14-30-20-13-10-9-12-19(20)25(31)24(27(30)33)26(32)29-28-17-18-15-22(35-3)23(36-4)16-21(18)34-2/h9-10,12-13,15-17,31H,5-8,11,14H2,1-4H3,(H,29,32)/b28-17-. The number of aryl methyl sites for hydroxylation is 1. The van der Waals surface area contributed by atoms with Crippen LogP contribution in [0, 0.1) is 0 Å². The molecule has 2 aromatic carbocycles. The number of hydrogen-bond donors (Lipinski definition) is 2. The fourth-order valence-corrected chi connectivity index (χ4v) is 4.06. The van der Waals surface area contributed by atoms with Crippen LogP contribution in [0.1, 0.15) is 54.9 Å². The van der Waals surface area contributed by atoms with E-state index in [1.165, 1.54) is 27.5 Å². The highest BCUT2D eigenvalue weighted by Gasteiger charge is 2.22. The van der Waals surface area contributed by atoms with Gasteiger partial charge in [0.25, 0.3) is 11.5 Å². The zero-order valence-electron chi connectivity index (χ0n) is 21.2. The second-order valence-electron chi connectivity index (χ2n) is 8.26. The van der Waals surface area contributed by atoms with E-state index < -0.39 is 11.5 Å². The normalized spacial score (nSPS) is 11.1. The number of amides is 1. The second kappa shape index (κ2) is 12.6. The zero-order valence-corrected chi connectivity index (χ0v) is 21.2. The quantitative estimate of drug-likeness (QED) is 0.218. The molecule has 3 aromatic rings. The van der Waals surface area contributed by atoms with E-state index in [9.17, 15) is 14.7 Å². The Balaban J connectivity index is 1.90. The first-order valence-electron chi connectivity index (χ1n) is 11.9. The summed E-state index contributed by atoms with van der Waals surface area (Å²) in [5.74, 6) is 0.212. The molecule has 0 saturated heterocycles. The number of hydrogen-bond acceptors (Lipinski definition) is 7. The number of methoxy groups -OCH3 is 3. The summed E-state index contributed by atoms with van der Waals surface area (Å²) in [7, 11) is 4.51. The van der Waals surface area contributed by atoms with Gasteiger partial charge in [0.05, 0.1) is 33.1 Å². The predicted molar refractivity (Wildman–Crippen MR) is 140 cm³/mol. The number of aromatic nitrogens is 1. The van der Waals surface area contributed by atoms with E-state index in [1.807, 2.05) is 0 Å². The van der Waals surface area contributed by atoms with Crippen LogP contribution in [-0.4, -0.2) is 43.1 Å². The van der Waals surface area contributed by atoms with E-state index in [4.69, 9.17) is 14.2 Å². The Morgan fingerprint density at radius 3 is 2.36 bits per heavy atom. The molecule has 0 fully saturated rings. The van der Waals surface area contributed by atoms with Crippen molar-refractivity contribution in [2.75, 3.05) is 21.3 Å². The van der Waals surface area contributed by atoms with Gasteiger partial charge in [-0.3, -0.25) is 9.59 Å². The number of pyridine rings is 1. The highest BCUT2D eigenvalue weighted by Crippen LogP contribution is 2.33. The lowest BCUT2D eigenvalue weighted by molar-refractivity contribution is 0.0950. The van der Waals surface area contributed by atoms with Gasteiger partial charge >= 0.3 is 0 Å². The van der Waals surface area contributed by atoms with E-state index in [0.717, 1.165) is 32.1 Å². The van der Waals surface area contributed by atoms with E-state index in [0.29, 0.717) is 40.3 Å². The highest BCUT2D eigenvalue weighted by molar-refractivity contribution is 6.02. The summed E-state index contributed by atoms with van der Waals surface area (Å²) in [5.41, 5.74) is 2.55. The minimum Gasteiger partial charge on any atom is -0.506 e. The van der Waals surface area contributed by atoms with Crippen LogP contribution >= 0.6 is 0 Å². The molecule has 1 aromatic heterocycles. The molecule has 2 N–H and O–H groups in total. The minimum absolute atomic E-state index is 0.348. The maximum atomic E-state index is 13.3. The van der Waals surface area contributed by atoms with Crippen molar-refractivity contribution in [2.45, 2.75) is 45.6 Å². The number of carbonyl (C=O) groups is 1. The molecular formula is C27H33N3O6. The number of aromatic hydroxyl groups is 1. The van der Waals surface area contributed by atoms with Crippen molar-refractivity contribution < 1.29 is 24.1 Å². The van der Waals surface area contributed by atoms with Gasteiger partial charge in [0, 0.05) is 23.6 Å². The van der Waals surface area contributed by atoms with Gasteiger partial charge in [0.1, 0.15) is 17.1 Å². The van der Waals surface area contributed by atoms with Crippen LogP contribution < -0.4 is 25.2 Å². The summed E-state index contributed by atoms with van der Waals surface area (Å²) >= 11 is 0. The monoisotopic (exact) mass is 495 g/mol. The number of para-hydroxylation sites is 1. The number of fused-ring (bicyclic) bond motifs is 1. The van der Waals surface area contributed by atoms with Gasteiger partial charge in [-0.25, -0.2) is 5.43 Å². The molecule has 36 heavy (non-hydrogen) atoms. The Labute approximate surface area is 210 Å². The molecule has 9 heteroatoms. The SMILES string of the molecule is CCCCCCCn1c(=O)c(C(=O)N/N=C\c2cc(OC)c(OC)cc2OC)c(O)c2ccccc21. The van der Waals surface area contributed by atoms with Gasteiger partial charge in [0.15, 0.2) is 11.5 Å². The smallest absolute Gasteiger partial charge is 0.280 e. The zero-order chi connectivity index (χ0) is 26.1. The summed E-state index contributed by atoms with van der Waals surface area (Å²) in [4.78, 5) is 26.3. The summed E-state index contributed by atoms with van der Waals surface area (Å²) in [6, 6.07) is 10.3. The lowest BCUT2D eigenvalue weighted by Gasteiger charge is -2.14. The molecule has 0 atom stereocenters. The van der Waals surface area contributed by atoms with Gasteiger partial charge in [-0.1, -0.05) is 44.7 Å². The second-order valence-corrected chi connectivity index (χ2v) is 8.26. The number of nitrogens with zero attached hydrogens (tertiary/aromatic N) is 2. The molecule has 0 saturated carbocycles. The summed E-state index contributed by atoms with van der Waals surface area (Å²) < 4.78 is 17.5. The number of unbranched alkanes of at least 4 members (excludes halogenated alkanes) is 4. The van der Waals surface area contributed by atoms with Crippen LogP contribution in [0.3, 0.4) is 0 Å². The number of carbonyl (C=O) groups excluding carboxylic acids is 1. The Hall–Kier alpha value is -4.01. The lowest BCUT2D eigenvalue weighted by atomic mass is 10.1. The molecule has 1 heterocycles. The van der Waals surface area contributed by atoms with Gasteiger partial charge in [-0.2, -0.15) is 5.10 Å². The largest absolute Gasteiger partial charge is 0.506 e. The summed E-state index contributed by atoms with van der Waals surface area (Å²) in [5, 5.41) is 15.2. The van der Waals surface area contributed by atoms with Crippen molar-refractivity contribution in [3.05, 3.63) is 57.9 Å². The fraction of sp³-hybridized carbons (Fsp3) is 0.370. The van der Waals surface area contributed by atoms with Crippen LogP contribution in [0.25, 0.3) is 10.9 Å². The summed E-state index contributed by atoms with van der Waals surface area (Å²) in [6.07, 6.45) is 6.50. The third kappa shape index (κ3) is 5.79. The Kier molecular flexibility index (Phi) is 9.32. The average Bonchev–Trinajstić information content (AvgIpc) is 2.89. The Morgan fingerprint density at radius 2 is 1.67 bits per heavy atom. The van der Waals surface area contributed by atoms with Crippen molar-refractivity contribution in [2.24, 2.45) is 5.10 Å². The number of benzene rings is 2. The first kappa shape index (κ1) is 26.6. The molecular weight excluding hydrogens is 462 g/mol. The fourth-order valence-electron chi connectivity index (χ4n) is 4.06. The van der Waals surface area contributed by atoms with Crippen LogP contribution in [0.5, 0.6) is 23.0 Å². The lowest BCUT2D eigenvalue weighted by Crippen LogP contribution is -2.31. The van der Waals surface area contributed by atoms with Crippen molar-refractivity contribution >= 4 is 23.0 Å². The van der Waals surface area contributed by atoms with Crippen LogP contribution in [0.2, 0.25) is 0 Å². The third-order valence-corrected chi connectivity index (χ3v) is 5.96. The molecule has 0 aliphatic heterocycles. The first-order valence-corrected chi connectivity index (χ1v) is 11.9. The van der Waals surface area contributed by atoms with Crippen molar-refractivity contribution in [1.29, 1.82) is 0 Å². The highest BCUT2D eigenvalue weighted by atomic mass is 16.5. The van der Waals surface area contributed by atoms with Crippen LogP contribution in [-0.2, 0) is 6.54 Å². The van der Waals surface area contributed by atoms with Crippen LogP contribution in [0.4, 0.5) is 0 Å². The van der Waals surface area contributed by atoms with Gasteiger partial charge < -0.3 is 23.9 Å². The number of nitrogens with one attached hydrogen (secondary N) is 1. The van der Waals surface area contributed by atoms with Crippen LogP contribution in [0.15, 0.2) is 46.3 Å². The molecule has 9 nitrogen and oxygen atoms in total. The molecule has 0 spiro atoms. The van der Waals surface area contributed by atoms with Gasteiger partial charge in [-0.05, 0) is 24.6 Å². The van der Waals surface area contributed by atoms with Crippen molar-refractivity contribution in [3.8, 4) is 23.0 Å². The number of ether oxygens (including phenoxy) is 3. The Bertz CT molecular complexity index is 1300. The molecule has 3 rings (SSSR count). The maximum absolute atomic E-state index is 13.3. The number of hydrazone groups is 1. The van der Waals surface area contributed by atoms with E-state index in [1.54, 1.807) is 41.0 Å². The van der Waals surface area contributed by atoms with E-state index in [2.05, 4.69) is 17.5 Å². The Morgan fingerprint density at radius 1 is 1.00 bits per heavy atom. The third-order valence-electron chi connectivity index (χ3n) is 5.96. The average molecular weight is 496 g/mol. The number of rotatable bonds is 12. The molecule has 0 unspecified atom stereocenters. The predicted octanol–water partition coefficient (Wildman–Crippen LogP) is 4.47. The molecule has 0 aliphatic rings. The topological polar surface area (TPSA) is 111 Å². The van der Waals surface area contributed by atoms with Gasteiger partial charge in [-0.15, -0.1) is 0 Å². The van der Waals surface area contributed by atoms with E-state index >= 15 is 0 Å². The minimum atomic E-state index is -0.807. The molecule has 0 aliphatic carbocycles. The maximum Gasteiger partial charge on any atom is 0.280 e. The molecule has 0 radical (unpaired) electrons. The van der Waals surface area contributed by atoms with Gasteiger partial charge in [0.2, 0.25) is 0 Å². The van der Waals surface area contributed by atoms with Crippen molar-refractivity contribution in [3.63, 3.8) is 0 Å². The molecule has 192 valence electrons. The van der Waals surface area contributed by atoms with Crippen molar-refractivity contribution in [1.82, 2.24) is 9.99 Å². The first-order chi connectivity index (χ1) is 17.5. The summed E-state index contributed by atoms with van der Waals surface area (Å²) in [6.45, 7) is 2.60. The molecule has 0 bridgehead atoms. The molecule has 1 amide bonds.